The van der Waals surface area contributed by atoms with Gasteiger partial charge in [-0.15, -0.1) is 0 Å². The van der Waals surface area contributed by atoms with Crippen LogP contribution in [-0.4, -0.2) is 24.2 Å². The van der Waals surface area contributed by atoms with Gasteiger partial charge in [-0.2, -0.15) is 0 Å². The summed E-state index contributed by atoms with van der Waals surface area (Å²) in [7, 11) is 0. The van der Waals surface area contributed by atoms with Crippen LogP contribution >= 0.6 is 0 Å². The van der Waals surface area contributed by atoms with Crippen molar-refractivity contribution in [2.75, 3.05) is 18.5 Å². The molecular weight excluding hydrogens is 152 g/mol. The van der Waals surface area contributed by atoms with Crippen molar-refractivity contribution in [1.82, 2.24) is 4.98 Å². The number of aryl methyl sites for hydroxylation is 1. The summed E-state index contributed by atoms with van der Waals surface area (Å²) in [5.74, 6) is 0. The molecule has 0 aliphatic carbocycles. The van der Waals surface area contributed by atoms with Gasteiger partial charge in [-0.1, -0.05) is 0 Å². The van der Waals surface area contributed by atoms with Crippen molar-refractivity contribution in [2.24, 2.45) is 0 Å². The molecule has 0 amide bonds. The fraction of sp³-hybridized carbons (Fsp3) is 0.444. The molecule has 0 saturated carbocycles. The second kappa shape index (κ2) is 3.11. The highest BCUT2D eigenvalue weighted by molar-refractivity contribution is 5.42. The molecular formula is C9H12N2O. The average Bonchev–Trinajstić information content (AvgIpc) is 2.00. The Morgan fingerprint density at radius 1 is 1.50 bits per heavy atom. The lowest BCUT2D eigenvalue weighted by atomic mass is 10.2. The summed E-state index contributed by atoms with van der Waals surface area (Å²) in [5.41, 5.74) is 2.12. The van der Waals surface area contributed by atoms with Crippen molar-refractivity contribution >= 4 is 5.69 Å². The van der Waals surface area contributed by atoms with Crippen LogP contribution in [0.4, 0.5) is 5.69 Å². The Balaban J connectivity index is 1.98. The third-order valence-electron chi connectivity index (χ3n) is 1.92. The summed E-state index contributed by atoms with van der Waals surface area (Å²) in [5, 5.41) is 3.32. The van der Waals surface area contributed by atoms with Gasteiger partial charge in [0, 0.05) is 5.69 Å². The summed E-state index contributed by atoms with van der Waals surface area (Å²) < 4.78 is 5.05. The molecule has 2 heterocycles. The van der Waals surface area contributed by atoms with Crippen molar-refractivity contribution in [2.45, 2.75) is 13.0 Å². The molecule has 1 aromatic heterocycles. The summed E-state index contributed by atoms with van der Waals surface area (Å²) >= 11 is 0. The highest BCUT2D eigenvalue weighted by Gasteiger charge is 2.17. The number of nitrogens with one attached hydrogen (secondary N) is 1. The first-order valence-corrected chi connectivity index (χ1v) is 4.11. The third kappa shape index (κ3) is 1.56. The van der Waals surface area contributed by atoms with Gasteiger partial charge in [0.2, 0.25) is 0 Å². The minimum absolute atomic E-state index is 0.481. The van der Waals surface area contributed by atoms with Gasteiger partial charge in [-0.05, 0) is 19.1 Å². The fourth-order valence-electron chi connectivity index (χ4n) is 1.11. The molecule has 0 atom stereocenters. The van der Waals surface area contributed by atoms with E-state index in [2.05, 4.69) is 10.3 Å². The lowest BCUT2D eigenvalue weighted by Crippen LogP contribution is -2.40. The maximum absolute atomic E-state index is 5.05. The predicted molar refractivity (Wildman–Crippen MR) is 47.2 cm³/mol. The fourth-order valence-corrected chi connectivity index (χ4v) is 1.11. The van der Waals surface area contributed by atoms with E-state index in [1.165, 1.54) is 0 Å². The third-order valence-corrected chi connectivity index (χ3v) is 1.92. The summed E-state index contributed by atoms with van der Waals surface area (Å²) in [6.07, 6.45) is 1.85. The standard InChI is InChI=1S/C9H12N2O/c1-7-2-3-8(4-10-7)11-9-5-12-6-9/h2-4,9,11H,5-6H2,1H3. The lowest BCUT2D eigenvalue weighted by Gasteiger charge is -2.27. The number of rotatable bonds is 2. The quantitative estimate of drug-likeness (QED) is 0.713. The molecule has 0 radical (unpaired) electrons. The van der Waals surface area contributed by atoms with Crippen LogP contribution in [0.2, 0.25) is 0 Å². The van der Waals surface area contributed by atoms with E-state index in [-0.39, 0.29) is 0 Å². The molecule has 2 rings (SSSR count). The van der Waals surface area contributed by atoms with E-state index in [0.29, 0.717) is 6.04 Å². The second-order valence-electron chi connectivity index (χ2n) is 3.07. The molecule has 0 spiro atoms. The highest BCUT2D eigenvalue weighted by Crippen LogP contribution is 2.11. The van der Waals surface area contributed by atoms with Gasteiger partial charge >= 0.3 is 0 Å². The summed E-state index contributed by atoms with van der Waals surface area (Å²) in [6, 6.07) is 4.53. The van der Waals surface area contributed by atoms with Crippen molar-refractivity contribution in [1.29, 1.82) is 0 Å². The SMILES string of the molecule is Cc1ccc(NC2COC2)cn1. The van der Waals surface area contributed by atoms with E-state index in [9.17, 15) is 0 Å². The first-order valence-electron chi connectivity index (χ1n) is 4.11. The number of pyridine rings is 1. The predicted octanol–water partition coefficient (Wildman–Crippen LogP) is 1.20. The Kier molecular flexibility index (Phi) is 1.96. The number of ether oxygens (including phenoxy) is 1. The van der Waals surface area contributed by atoms with Crippen LogP contribution in [0.25, 0.3) is 0 Å². The van der Waals surface area contributed by atoms with Gasteiger partial charge in [0.15, 0.2) is 0 Å². The van der Waals surface area contributed by atoms with Crippen LogP contribution in [0.3, 0.4) is 0 Å². The normalized spacial score (nSPS) is 17.1. The maximum atomic E-state index is 5.05. The van der Waals surface area contributed by atoms with E-state index in [1.807, 2.05) is 25.3 Å². The average molecular weight is 164 g/mol. The second-order valence-corrected chi connectivity index (χ2v) is 3.07. The van der Waals surface area contributed by atoms with Crippen molar-refractivity contribution in [3.63, 3.8) is 0 Å². The Bertz CT molecular complexity index is 254. The minimum Gasteiger partial charge on any atom is -0.377 e. The van der Waals surface area contributed by atoms with E-state index in [0.717, 1.165) is 24.6 Å². The van der Waals surface area contributed by atoms with Gasteiger partial charge in [0.05, 0.1) is 31.1 Å². The number of hydrogen-bond acceptors (Lipinski definition) is 3. The Morgan fingerprint density at radius 2 is 2.33 bits per heavy atom. The molecule has 1 aliphatic rings. The number of aromatic nitrogens is 1. The van der Waals surface area contributed by atoms with Gasteiger partial charge in [0.25, 0.3) is 0 Å². The van der Waals surface area contributed by atoms with Crippen molar-refractivity contribution in [3.05, 3.63) is 24.0 Å². The summed E-state index contributed by atoms with van der Waals surface area (Å²) in [6.45, 7) is 3.61. The van der Waals surface area contributed by atoms with Gasteiger partial charge < -0.3 is 10.1 Å². The Morgan fingerprint density at radius 3 is 2.83 bits per heavy atom. The van der Waals surface area contributed by atoms with Crippen molar-refractivity contribution < 1.29 is 4.74 Å². The molecule has 0 unspecified atom stereocenters. The van der Waals surface area contributed by atoms with Crippen LogP contribution in [0.15, 0.2) is 18.3 Å². The Labute approximate surface area is 71.8 Å². The minimum atomic E-state index is 0.481. The molecule has 1 fully saturated rings. The van der Waals surface area contributed by atoms with E-state index < -0.39 is 0 Å². The zero-order chi connectivity index (χ0) is 8.39. The molecule has 1 N–H and O–H groups in total. The largest absolute Gasteiger partial charge is 0.377 e. The molecule has 1 aromatic rings. The number of anilines is 1. The smallest absolute Gasteiger partial charge is 0.0729 e. The molecule has 1 saturated heterocycles. The molecule has 64 valence electrons. The molecule has 1 aliphatic heterocycles. The monoisotopic (exact) mass is 164 g/mol. The molecule has 0 aromatic carbocycles. The molecule has 3 nitrogen and oxygen atoms in total. The maximum Gasteiger partial charge on any atom is 0.0729 e. The topological polar surface area (TPSA) is 34.1 Å². The Hall–Kier alpha value is -1.09. The molecule has 12 heavy (non-hydrogen) atoms. The van der Waals surface area contributed by atoms with E-state index in [4.69, 9.17) is 4.74 Å². The highest BCUT2D eigenvalue weighted by atomic mass is 16.5. The number of hydrogen-bond donors (Lipinski definition) is 1. The zero-order valence-electron chi connectivity index (χ0n) is 7.08. The van der Waals surface area contributed by atoms with Gasteiger partial charge in [-0.3, -0.25) is 4.98 Å². The van der Waals surface area contributed by atoms with Crippen LogP contribution in [0, 0.1) is 6.92 Å². The van der Waals surface area contributed by atoms with Gasteiger partial charge in [0.1, 0.15) is 0 Å². The first kappa shape index (κ1) is 7.55. The molecule has 3 heteroatoms. The van der Waals surface area contributed by atoms with Crippen LogP contribution in [-0.2, 0) is 4.74 Å². The first-order chi connectivity index (χ1) is 5.84. The zero-order valence-corrected chi connectivity index (χ0v) is 7.08. The van der Waals surface area contributed by atoms with Gasteiger partial charge in [-0.25, -0.2) is 0 Å². The number of nitrogens with zero attached hydrogens (tertiary/aromatic N) is 1. The van der Waals surface area contributed by atoms with E-state index >= 15 is 0 Å². The molecule has 0 bridgehead atoms. The van der Waals surface area contributed by atoms with Crippen LogP contribution in [0.1, 0.15) is 5.69 Å². The van der Waals surface area contributed by atoms with Crippen LogP contribution in [0.5, 0.6) is 0 Å². The lowest BCUT2D eigenvalue weighted by molar-refractivity contribution is 0.0211. The summed E-state index contributed by atoms with van der Waals surface area (Å²) in [4.78, 5) is 4.19. The van der Waals surface area contributed by atoms with Crippen LogP contribution < -0.4 is 5.32 Å². The van der Waals surface area contributed by atoms with Crippen molar-refractivity contribution in [3.8, 4) is 0 Å². The van der Waals surface area contributed by atoms with E-state index in [1.54, 1.807) is 0 Å².